The number of hydrogen-bond donors (Lipinski definition) is 0. The van der Waals surface area contributed by atoms with Crippen molar-refractivity contribution >= 4 is 0 Å². The number of unbranched alkanes of at least 4 members (excludes halogenated alkanes) is 4. The van der Waals surface area contributed by atoms with Gasteiger partial charge in [-0.1, -0.05) is 75.8 Å². The zero-order chi connectivity index (χ0) is 22.9. The lowest BCUT2D eigenvalue weighted by atomic mass is 9.63. The average Bonchev–Trinajstić information content (AvgIpc) is 2.87. The third-order valence-electron chi connectivity index (χ3n) is 8.26. The first-order valence-electron chi connectivity index (χ1n) is 13.5. The Morgan fingerprint density at radius 1 is 0.727 bits per heavy atom. The molecule has 4 rings (SSSR count). The molecule has 0 bridgehead atoms. The number of rotatable bonds is 8. The summed E-state index contributed by atoms with van der Waals surface area (Å²) in [6.45, 7) is 2.31. The molecule has 33 heavy (non-hydrogen) atoms. The van der Waals surface area contributed by atoms with Crippen molar-refractivity contribution in [3.8, 4) is 17.6 Å². The molecule has 0 aromatic heterocycles. The van der Waals surface area contributed by atoms with Crippen molar-refractivity contribution in [2.45, 2.75) is 89.9 Å². The monoisotopic (exact) mass is 442 g/mol. The van der Waals surface area contributed by atoms with E-state index in [4.69, 9.17) is 4.74 Å². The van der Waals surface area contributed by atoms with Gasteiger partial charge in [0.15, 0.2) is 0 Å². The molecular weight excluding hydrogens is 400 g/mol. The molecule has 0 heterocycles. The van der Waals surface area contributed by atoms with Crippen molar-refractivity contribution in [2.75, 3.05) is 7.11 Å². The smallest absolute Gasteiger partial charge is 0.118 e. The molecule has 0 aliphatic heterocycles. The number of benzene rings is 2. The Kier molecular flexibility index (Phi) is 8.93. The van der Waals surface area contributed by atoms with Gasteiger partial charge in [0.05, 0.1) is 7.11 Å². The maximum absolute atomic E-state index is 5.22. The van der Waals surface area contributed by atoms with Gasteiger partial charge in [0, 0.05) is 11.1 Å². The van der Waals surface area contributed by atoms with Gasteiger partial charge in [-0.15, -0.1) is 0 Å². The zero-order valence-corrected chi connectivity index (χ0v) is 20.8. The molecule has 176 valence electrons. The van der Waals surface area contributed by atoms with Gasteiger partial charge >= 0.3 is 0 Å². The van der Waals surface area contributed by atoms with Crippen LogP contribution in [-0.2, 0) is 0 Å². The molecular formula is C32H42O. The largest absolute Gasteiger partial charge is 0.497 e. The van der Waals surface area contributed by atoms with Crippen LogP contribution < -0.4 is 4.74 Å². The Balaban J connectivity index is 1.25. The van der Waals surface area contributed by atoms with E-state index in [-0.39, 0.29) is 0 Å². The van der Waals surface area contributed by atoms with E-state index in [2.05, 4.69) is 43.0 Å². The van der Waals surface area contributed by atoms with Crippen LogP contribution in [0.25, 0.3) is 0 Å². The minimum atomic E-state index is 0.750. The van der Waals surface area contributed by atoms with Crippen molar-refractivity contribution in [3.63, 3.8) is 0 Å². The summed E-state index contributed by atoms with van der Waals surface area (Å²) < 4.78 is 5.22. The van der Waals surface area contributed by atoms with Crippen LogP contribution in [0, 0.1) is 29.6 Å². The molecule has 1 nitrogen and oxygen atoms in total. The maximum Gasteiger partial charge on any atom is 0.118 e. The van der Waals surface area contributed by atoms with Gasteiger partial charge in [0.1, 0.15) is 5.75 Å². The second kappa shape index (κ2) is 12.3. The van der Waals surface area contributed by atoms with Gasteiger partial charge in [0.2, 0.25) is 0 Å². The van der Waals surface area contributed by atoms with Crippen LogP contribution >= 0.6 is 0 Å². The number of ether oxygens (including phenoxy) is 1. The third kappa shape index (κ3) is 6.89. The highest BCUT2D eigenvalue weighted by Crippen LogP contribution is 2.48. The number of methoxy groups -OCH3 is 1. The molecule has 4 atom stereocenters. The first kappa shape index (κ1) is 23.9. The summed E-state index contributed by atoms with van der Waals surface area (Å²) in [7, 11) is 1.69. The zero-order valence-electron chi connectivity index (χ0n) is 20.8. The first-order chi connectivity index (χ1) is 16.2. The highest BCUT2D eigenvalue weighted by atomic mass is 16.5. The van der Waals surface area contributed by atoms with Gasteiger partial charge in [0.25, 0.3) is 0 Å². The van der Waals surface area contributed by atoms with Crippen LogP contribution in [0.4, 0.5) is 0 Å². The average molecular weight is 443 g/mol. The first-order valence-corrected chi connectivity index (χ1v) is 13.5. The van der Waals surface area contributed by atoms with Gasteiger partial charge in [-0.05, 0) is 97.7 Å². The molecule has 1 heteroatoms. The van der Waals surface area contributed by atoms with Crippen molar-refractivity contribution in [3.05, 3.63) is 65.2 Å². The molecule has 2 saturated carbocycles. The lowest BCUT2D eigenvalue weighted by Crippen LogP contribution is -2.30. The van der Waals surface area contributed by atoms with Crippen LogP contribution in [0.1, 0.15) is 107 Å². The lowest BCUT2D eigenvalue weighted by molar-refractivity contribution is 0.113. The Bertz CT molecular complexity index is 898. The van der Waals surface area contributed by atoms with E-state index >= 15 is 0 Å². The maximum atomic E-state index is 5.22. The van der Waals surface area contributed by atoms with Crippen molar-refractivity contribution in [1.82, 2.24) is 0 Å². The van der Waals surface area contributed by atoms with E-state index in [1.165, 1.54) is 82.6 Å². The summed E-state index contributed by atoms with van der Waals surface area (Å²) in [5.74, 6) is 11.2. The Morgan fingerprint density at radius 2 is 1.36 bits per heavy atom. The molecule has 0 spiro atoms. The standard InChI is InChI=1S/C32H42O/c1-3-4-5-6-7-8-27-13-18-31-24-30(20-19-29(31)23-27)28-16-11-25(12-17-28)9-10-26-14-21-32(33-2)22-15-26/h11-12,14-17,21-22,27,29-31H,3-8,13,18-20,23-24H2,1-2H3. The Hall–Kier alpha value is -2.20. The van der Waals surface area contributed by atoms with Crippen LogP contribution in [0.2, 0.25) is 0 Å². The molecule has 0 saturated heterocycles. The summed E-state index contributed by atoms with van der Waals surface area (Å²) in [6.07, 6.45) is 17.4. The van der Waals surface area contributed by atoms with E-state index in [1.807, 2.05) is 24.3 Å². The summed E-state index contributed by atoms with van der Waals surface area (Å²) in [5, 5.41) is 0. The Labute approximate surface area is 202 Å². The predicted octanol–water partition coefficient (Wildman–Crippen LogP) is 8.76. The topological polar surface area (TPSA) is 9.23 Å². The summed E-state index contributed by atoms with van der Waals surface area (Å²) in [5.41, 5.74) is 3.65. The van der Waals surface area contributed by atoms with E-state index < -0.39 is 0 Å². The molecule has 2 aliphatic rings. The molecule has 2 aromatic carbocycles. The van der Waals surface area contributed by atoms with Gasteiger partial charge in [-0.25, -0.2) is 0 Å². The Morgan fingerprint density at radius 3 is 2.06 bits per heavy atom. The van der Waals surface area contributed by atoms with Crippen LogP contribution in [0.3, 0.4) is 0 Å². The van der Waals surface area contributed by atoms with Gasteiger partial charge in [-0.2, -0.15) is 0 Å². The number of hydrogen-bond acceptors (Lipinski definition) is 1. The molecule has 2 aromatic rings. The fourth-order valence-electron chi connectivity index (χ4n) is 6.25. The van der Waals surface area contributed by atoms with Crippen molar-refractivity contribution in [1.29, 1.82) is 0 Å². The van der Waals surface area contributed by atoms with Gasteiger partial charge in [-0.3, -0.25) is 0 Å². The van der Waals surface area contributed by atoms with E-state index in [9.17, 15) is 0 Å². The second-order valence-corrected chi connectivity index (χ2v) is 10.5. The highest BCUT2D eigenvalue weighted by molar-refractivity contribution is 5.45. The fraction of sp³-hybridized carbons (Fsp3) is 0.562. The lowest BCUT2D eigenvalue weighted by Gasteiger charge is -2.42. The van der Waals surface area contributed by atoms with Gasteiger partial charge < -0.3 is 4.74 Å². The SMILES string of the molecule is CCCCCCCC1CCC2CC(c3ccc(C#Cc4ccc(OC)cc4)cc3)CCC2C1. The molecule has 2 aliphatic carbocycles. The molecule has 4 unspecified atom stereocenters. The third-order valence-corrected chi connectivity index (χ3v) is 8.26. The highest BCUT2D eigenvalue weighted by Gasteiger charge is 2.35. The second-order valence-electron chi connectivity index (χ2n) is 10.5. The summed E-state index contributed by atoms with van der Waals surface area (Å²) in [4.78, 5) is 0. The summed E-state index contributed by atoms with van der Waals surface area (Å²) in [6, 6.07) is 17.1. The number of fused-ring (bicyclic) bond motifs is 1. The van der Waals surface area contributed by atoms with E-state index in [1.54, 1.807) is 7.11 Å². The van der Waals surface area contributed by atoms with Crippen molar-refractivity contribution < 1.29 is 4.74 Å². The fourth-order valence-corrected chi connectivity index (χ4v) is 6.25. The minimum absolute atomic E-state index is 0.750. The van der Waals surface area contributed by atoms with E-state index in [0.717, 1.165) is 40.5 Å². The predicted molar refractivity (Wildman–Crippen MR) is 140 cm³/mol. The molecule has 0 radical (unpaired) electrons. The summed E-state index contributed by atoms with van der Waals surface area (Å²) >= 11 is 0. The molecule has 0 amide bonds. The van der Waals surface area contributed by atoms with Crippen LogP contribution in [0.15, 0.2) is 48.5 Å². The van der Waals surface area contributed by atoms with E-state index in [0.29, 0.717) is 0 Å². The quantitative estimate of drug-likeness (QED) is 0.293. The molecule has 0 N–H and O–H groups in total. The normalized spacial score (nSPS) is 24.4. The van der Waals surface area contributed by atoms with Crippen LogP contribution in [0.5, 0.6) is 5.75 Å². The minimum Gasteiger partial charge on any atom is -0.497 e. The molecule has 2 fully saturated rings. The van der Waals surface area contributed by atoms with Crippen molar-refractivity contribution in [2.24, 2.45) is 17.8 Å². The van der Waals surface area contributed by atoms with Crippen LogP contribution in [-0.4, -0.2) is 7.11 Å².